The average Bonchev–Trinajstić information content (AvgIpc) is 2.81. The Morgan fingerprint density at radius 2 is 1.80 bits per heavy atom. The number of rotatable bonds is 2. The SMILES string of the molecule is Cc1cc(C)cc(Oc2c(C)c(Cl)nc3ncnn23)c1. The highest BCUT2D eigenvalue weighted by atomic mass is 35.5. The number of nitrogens with zero attached hydrogens (tertiary/aromatic N) is 4. The number of benzene rings is 1. The fraction of sp³-hybridized carbons (Fsp3) is 0.214. The van der Waals surface area contributed by atoms with Crippen LogP contribution in [0.3, 0.4) is 0 Å². The first-order chi connectivity index (χ1) is 9.54. The molecular formula is C14H13ClN4O. The molecule has 0 spiro atoms. The molecule has 0 aliphatic heterocycles. The lowest BCUT2D eigenvalue weighted by Gasteiger charge is -2.11. The molecule has 0 fully saturated rings. The maximum absolute atomic E-state index is 6.11. The molecule has 0 amide bonds. The fourth-order valence-corrected chi connectivity index (χ4v) is 2.25. The summed E-state index contributed by atoms with van der Waals surface area (Å²) in [5, 5.41) is 4.49. The molecule has 20 heavy (non-hydrogen) atoms. The van der Waals surface area contributed by atoms with E-state index in [2.05, 4.69) is 21.1 Å². The van der Waals surface area contributed by atoms with E-state index in [9.17, 15) is 0 Å². The Labute approximate surface area is 121 Å². The molecule has 102 valence electrons. The van der Waals surface area contributed by atoms with E-state index >= 15 is 0 Å². The van der Waals surface area contributed by atoms with Crippen LogP contribution in [0.1, 0.15) is 16.7 Å². The van der Waals surface area contributed by atoms with Crippen molar-refractivity contribution < 1.29 is 4.74 Å². The molecule has 0 radical (unpaired) electrons. The van der Waals surface area contributed by atoms with Gasteiger partial charge in [-0.05, 0) is 44.0 Å². The monoisotopic (exact) mass is 288 g/mol. The van der Waals surface area contributed by atoms with Crippen LogP contribution in [0, 0.1) is 20.8 Å². The summed E-state index contributed by atoms with van der Waals surface area (Å²) < 4.78 is 7.50. The van der Waals surface area contributed by atoms with Gasteiger partial charge in [0.25, 0.3) is 5.78 Å². The third kappa shape index (κ3) is 2.20. The molecule has 0 unspecified atom stereocenters. The van der Waals surface area contributed by atoms with Crippen LogP contribution < -0.4 is 4.74 Å². The van der Waals surface area contributed by atoms with Crippen LogP contribution in [0.15, 0.2) is 24.5 Å². The number of hydrogen-bond acceptors (Lipinski definition) is 4. The molecule has 1 aromatic carbocycles. The van der Waals surface area contributed by atoms with Gasteiger partial charge in [-0.1, -0.05) is 17.7 Å². The topological polar surface area (TPSA) is 52.3 Å². The number of halogens is 1. The zero-order chi connectivity index (χ0) is 14.3. The van der Waals surface area contributed by atoms with E-state index in [0.29, 0.717) is 16.8 Å². The molecule has 3 rings (SSSR count). The van der Waals surface area contributed by atoms with Crippen LogP contribution in [0.4, 0.5) is 0 Å². The zero-order valence-electron chi connectivity index (χ0n) is 11.4. The summed E-state index contributed by atoms with van der Waals surface area (Å²) in [6.07, 6.45) is 1.42. The summed E-state index contributed by atoms with van der Waals surface area (Å²) >= 11 is 6.11. The predicted molar refractivity (Wildman–Crippen MR) is 76.5 cm³/mol. The van der Waals surface area contributed by atoms with Gasteiger partial charge in [0.15, 0.2) is 0 Å². The van der Waals surface area contributed by atoms with Crippen molar-refractivity contribution in [3.8, 4) is 11.6 Å². The zero-order valence-corrected chi connectivity index (χ0v) is 12.1. The Hall–Kier alpha value is -2.14. The van der Waals surface area contributed by atoms with Crippen molar-refractivity contribution >= 4 is 17.4 Å². The van der Waals surface area contributed by atoms with Gasteiger partial charge in [-0.2, -0.15) is 19.6 Å². The molecule has 5 nitrogen and oxygen atoms in total. The molecule has 0 atom stereocenters. The minimum Gasteiger partial charge on any atom is -0.438 e. The van der Waals surface area contributed by atoms with Crippen molar-refractivity contribution in [3.05, 3.63) is 46.4 Å². The highest BCUT2D eigenvalue weighted by Gasteiger charge is 2.14. The first-order valence-electron chi connectivity index (χ1n) is 6.16. The van der Waals surface area contributed by atoms with Crippen LogP contribution in [-0.4, -0.2) is 19.6 Å². The van der Waals surface area contributed by atoms with Gasteiger partial charge in [-0.15, -0.1) is 0 Å². The van der Waals surface area contributed by atoms with Crippen LogP contribution in [0.2, 0.25) is 5.15 Å². The van der Waals surface area contributed by atoms with Crippen LogP contribution in [0.5, 0.6) is 11.6 Å². The molecule has 0 saturated heterocycles. The predicted octanol–water partition coefficient (Wildman–Crippen LogP) is 3.50. The Morgan fingerprint density at radius 1 is 1.10 bits per heavy atom. The molecular weight excluding hydrogens is 276 g/mol. The Bertz CT molecular complexity index is 777. The highest BCUT2D eigenvalue weighted by molar-refractivity contribution is 6.30. The van der Waals surface area contributed by atoms with Crippen LogP contribution in [0.25, 0.3) is 5.78 Å². The second-order valence-corrected chi connectivity index (χ2v) is 5.09. The normalized spacial score (nSPS) is 11.0. The third-order valence-corrected chi connectivity index (χ3v) is 3.33. The Morgan fingerprint density at radius 3 is 2.50 bits per heavy atom. The van der Waals surface area contributed by atoms with Crippen molar-refractivity contribution in [2.45, 2.75) is 20.8 Å². The van der Waals surface area contributed by atoms with E-state index in [1.54, 1.807) is 4.52 Å². The van der Waals surface area contributed by atoms with Gasteiger partial charge in [0, 0.05) is 5.56 Å². The van der Waals surface area contributed by atoms with Gasteiger partial charge in [0.1, 0.15) is 17.2 Å². The van der Waals surface area contributed by atoms with Crippen molar-refractivity contribution in [1.82, 2.24) is 19.6 Å². The van der Waals surface area contributed by atoms with E-state index in [4.69, 9.17) is 16.3 Å². The fourth-order valence-electron chi connectivity index (χ4n) is 2.10. The molecule has 0 saturated carbocycles. The lowest BCUT2D eigenvalue weighted by atomic mass is 10.1. The number of ether oxygens (including phenoxy) is 1. The smallest absolute Gasteiger partial charge is 0.256 e. The maximum Gasteiger partial charge on any atom is 0.256 e. The molecule has 0 N–H and O–H groups in total. The molecule has 6 heteroatoms. The highest BCUT2D eigenvalue weighted by Crippen LogP contribution is 2.29. The molecule has 2 heterocycles. The largest absolute Gasteiger partial charge is 0.438 e. The summed E-state index contributed by atoms with van der Waals surface area (Å²) in [6.45, 7) is 5.89. The van der Waals surface area contributed by atoms with E-state index in [-0.39, 0.29) is 0 Å². The molecule has 0 bridgehead atoms. The number of aryl methyl sites for hydroxylation is 2. The third-order valence-electron chi connectivity index (χ3n) is 2.96. The number of aromatic nitrogens is 4. The van der Waals surface area contributed by atoms with Crippen LogP contribution >= 0.6 is 11.6 Å². The molecule has 0 aliphatic rings. The van der Waals surface area contributed by atoms with Crippen molar-refractivity contribution in [2.75, 3.05) is 0 Å². The van der Waals surface area contributed by atoms with Gasteiger partial charge in [0.05, 0.1) is 0 Å². The van der Waals surface area contributed by atoms with Crippen molar-refractivity contribution in [3.63, 3.8) is 0 Å². The van der Waals surface area contributed by atoms with E-state index in [0.717, 1.165) is 22.4 Å². The molecule has 3 aromatic rings. The van der Waals surface area contributed by atoms with Gasteiger partial charge < -0.3 is 4.74 Å². The second kappa shape index (κ2) is 4.76. The number of hydrogen-bond donors (Lipinski definition) is 0. The summed E-state index contributed by atoms with van der Waals surface area (Å²) in [7, 11) is 0. The van der Waals surface area contributed by atoms with Gasteiger partial charge in [-0.3, -0.25) is 0 Å². The first-order valence-corrected chi connectivity index (χ1v) is 6.54. The lowest BCUT2D eigenvalue weighted by Crippen LogP contribution is -2.01. The standard InChI is InChI=1S/C14H13ClN4O/c1-8-4-9(2)6-11(5-8)20-13-10(3)12(15)18-14-16-7-17-19(13)14/h4-7H,1-3H3. The minimum absolute atomic E-state index is 0.366. The van der Waals surface area contributed by atoms with E-state index in [1.807, 2.05) is 32.9 Å². The summed E-state index contributed by atoms with van der Waals surface area (Å²) in [4.78, 5) is 8.18. The van der Waals surface area contributed by atoms with E-state index < -0.39 is 0 Å². The Kier molecular flexibility index (Phi) is 3.06. The van der Waals surface area contributed by atoms with E-state index in [1.165, 1.54) is 6.33 Å². The van der Waals surface area contributed by atoms with Gasteiger partial charge in [-0.25, -0.2) is 0 Å². The minimum atomic E-state index is 0.366. The Balaban J connectivity index is 2.14. The molecule has 0 aliphatic carbocycles. The average molecular weight is 289 g/mol. The summed E-state index contributed by atoms with van der Waals surface area (Å²) in [5.41, 5.74) is 2.99. The first kappa shape index (κ1) is 12.9. The van der Waals surface area contributed by atoms with Crippen molar-refractivity contribution in [1.29, 1.82) is 0 Å². The number of fused-ring (bicyclic) bond motifs is 1. The summed E-state index contributed by atoms with van der Waals surface area (Å²) in [6, 6.07) is 6.01. The van der Waals surface area contributed by atoms with Gasteiger partial charge >= 0.3 is 0 Å². The van der Waals surface area contributed by atoms with Gasteiger partial charge in [0.2, 0.25) is 5.88 Å². The second-order valence-electron chi connectivity index (χ2n) is 4.73. The summed E-state index contributed by atoms with van der Waals surface area (Å²) in [5.74, 6) is 1.69. The lowest BCUT2D eigenvalue weighted by molar-refractivity contribution is 0.441. The van der Waals surface area contributed by atoms with Crippen LogP contribution in [-0.2, 0) is 0 Å². The molecule has 2 aromatic heterocycles. The quantitative estimate of drug-likeness (QED) is 0.677. The maximum atomic E-state index is 6.11. The van der Waals surface area contributed by atoms with Crippen molar-refractivity contribution in [2.24, 2.45) is 0 Å².